The van der Waals surface area contributed by atoms with Crippen molar-refractivity contribution in [1.29, 1.82) is 0 Å². The molecule has 2 aromatic carbocycles. The summed E-state index contributed by atoms with van der Waals surface area (Å²) in [4.78, 5) is 27.4. The quantitative estimate of drug-likeness (QED) is 0.0599. The van der Waals surface area contributed by atoms with Crippen LogP contribution in [0.1, 0.15) is 101 Å². The van der Waals surface area contributed by atoms with Gasteiger partial charge in [-0.05, 0) is 125 Å². The number of rotatable bonds is 21. The first-order valence-corrected chi connectivity index (χ1v) is 22.7. The topological polar surface area (TPSA) is 151 Å². The number of ether oxygens (including phenoxy) is 6. The number of hydrogen-bond donors (Lipinski definition) is 2. The molecule has 1 amide bonds. The molecule has 2 aliphatic heterocycles. The van der Waals surface area contributed by atoms with Crippen LogP contribution in [0.4, 0.5) is 4.79 Å². The van der Waals surface area contributed by atoms with Crippen molar-refractivity contribution in [3.05, 3.63) is 114 Å². The Hall–Kier alpha value is -5.37. The molecular formula is C51H65N3O10. The Morgan fingerprint density at radius 2 is 1.77 bits per heavy atom. The molecule has 13 nitrogen and oxygen atoms in total. The fraction of sp³-hybridized carbons (Fsp3) is 0.510. The van der Waals surface area contributed by atoms with Gasteiger partial charge in [-0.15, -0.1) is 13.2 Å². The van der Waals surface area contributed by atoms with Gasteiger partial charge in [0.1, 0.15) is 29.7 Å². The summed E-state index contributed by atoms with van der Waals surface area (Å²) in [5, 5.41) is 24.9. The molecule has 0 bridgehead atoms. The molecule has 1 aromatic heterocycles. The zero-order chi connectivity index (χ0) is 45.3. The number of benzene rings is 2. The van der Waals surface area contributed by atoms with Gasteiger partial charge in [0.15, 0.2) is 11.5 Å². The Morgan fingerprint density at radius 1 is 0.984 bits per heavy atom. The molecule has 0 saturated heterocycles. The maximum absolute atomic E-state index is 14.8. The summed E-state index contributed by atoms with van der Waals surface area (Å²) in [6.07, 6.45) is 10.4. The Bertz CT molecular complexity index is 2170. The monoisotopic (exact) mass is 879 g/mol. The largest absolute Gasteiger partial charge is 0.487 e. The number of nitrogens with zero attached hydrogens (tertiary/aromatic N) is 3. The standard InChI is InChI=1S/C51H65N3O10/c1-7-9-26-58-49(57)54(31-35-19-21-44-45(27-35)61-33-60-44)46-30-42(53-64-50(4,5)6)40-28-36(16-10-12-23-55)39(18-11-13-24-56)47-41-29-38(59-32-37-17-14-15-34(3)52-37)20-22-43(41)63-51(46,48(40)47)62-25-8-2/h7-8,14-15,17,19-22,27-29,36,39,46-48,55-56H,1-2,9-13,16,18,23-26,30-33H2,3-6H3/t36-,39+,46-,47+,48+,51+/m0/s1. The molecule has 13 heteroatoms. The van der Waals surface area contributed by atoms with E-state index in [0.717, 1.165) is 53.8 Å². The summed E-state index contributed by atoms with van der Waals surface area (Å²) in [6, 6.07) is 16.7. The number of pyridine rings is 1. The fourth-order valence-corrected chi connectivity index (χ4v) is 9.62. The van der Waals surface area contributed by atoms with Gasteiger partial charge in [0.2, 0.25) is 12.6 Å². The van der Waals surface area contributed by atoms with E-state index >= 15 is 0 Å². The summed E-state index contributed by atoms with van der Waals surface area (Å²) in [6.45, 7) is 16.7. The van der Waals surface area contributed by atoms with Gasteiger partial charge in [-0.25, -0.2) is 4.79 Å². The minimum absolute atomic E-state index is 0.0347. The highest BCUT2D eigenvalue weighted by Gasteiger charge is 2.65. The molecule has 7 rings (SSSR count). The third-order valence-corrected chi connectivity index (χ3v) is 12.4. The highest BCUT2D eigenvalue weighted by molar-refractivity contribution is 6.03. The average Bonchev–Trinajstić information content (AvgIpc) is 3.75. The van der Waals surface area contributed by atoms with Crippen LogP contribution in [-0.2, 0) is 27.5 Å². The summed E-state index contributed by atoms with van der Waals surface area (Å²) >= 11 is 0. The van der Waals surface area contributed by atoms with Gasteiger partial charge >= 0.3 is 6.09 Å². The second-order valence-corrected chi connectivity index (χ2v) is 18.0. The Labute approximate surface area is 377 Å². The number of unbranched alkanes of at least 4 members (excludes halogenated alkanes) is 2. The van der Waals surface area contributed by atoms with Crippen molar-refractivity contribution < 1.29 is 48.3 Å². The number of amides is 1. The lowest BCUT2D eigenvalue weighted by Crippen LogP contribution is -2.70. The van der Waals surface area contributed by atoms with E-state index in [-0.39, 0.29) is 70.5 Å². The number of carbonyl (C=O) groups is 1. The number of fused-ring (bicyclic) bond motifs is 3. The first-order chi connectivity index (χ1) is 31.0. The number of aliphatic hydroxyl groups excluding tert-OH is 2. The van der Waals surface area contributed by atoms with E-state index in [1.807, 2.05) is 76.2 Å². The van der Waals surface area contributed by atoms with Crippen LogP contribution in [0.5, 0.6) is 23.0 Å². The molecule has 2 N–H and O–H groups in total. The number of carbonyl (C=O) groups excluding carboxylic acids is 1. The van der Waals surface area contributed by atoms with Gasteiger partial charge in [0, 0.05) is 43.4 Å². The highest BCUT2D eigenvalue weighted by Crippen LogP contribution is 2.62. The zero-order valence-corrected chi connectivity index (χ0v) is 37.8. The molecule has 64 heavy (non-hydrogen) atoms. The molecule has 4 aliphatic rings. The van der Waals surface area contributed by atoms with Crippen LogP contribution in [-0.4, -0.2) is 82.6 Å². The normalized spacial score (nSPS) is 23.6. The summed E-state index contributed by atoms with van der Waals surface area (Å²) < 4.78 is 38.5. The van der Waals surface area contributed by atoms with Crippen molar-refractivity contribution in [3.63, 3.8) is 0 Å². The van der Waals surface area contributed by atoms with Gasteiger partial charge < -0.3 is 43.5 Å². The molecule has 344 valence electrons. The van der Waals surface area contributed by atoms with Crippen LogP contribution in [0, 0.1) is 24.7 Å². The van der Waals surface area contributed by atoms with Crippen LogP contribution in [0.2, 0.25) is 0 Å². The minimum atomic E-state index is -1.48. The van der Waals surface area contributed by atoms with E-state index in [4.69, 9.17) is 38.4 Å². The van der Waals surface area contributed by atoms with Crippen LogP contribution >= 0.6 is 0 Å². The van der Waals surface area contributed by atoms with E-state index in [0.29, 0.717) is 48.0 Å². The van der Waals surface area contributed by atoms with Crippen LogP contribution in [0.25, 0.3) is 0 Å². The Morgan fingerprint density at radius 3 is 2.52 bits per heavy atom. The van der Waals surface area contributed by atoms with Gasteiger partial charge in [0.25, 0.3) is 0 Å². The van der Waals surface area contributed by atoms with E-state index in [1.54, 1.807) is 17.1 Å². The maximum Gasteiger partial charge on any atom is 0.410 e. The minimum Gasteiger partial charge on any atom is -0.487 e. The van der Waals surface area contributed by atoms with E-state index in [9.17, 15) is 15.0 Å². The predicted molar refractivity (Wildman–Crippen MR) is 243 cm³/mol. The molecule has 2 aliphatic carbocycles. The molecule has 3 heterocycles. The number of aromatic nitrogens is 1. The Kier molecular flexibility index (Phi) is 15.4. The second-order valence-electron chi connectivity index (χ2n) is 18.0. The lowest BCUT2D eigenvalue weighted by Gasteiger charge is -2.60. The summed E-state index contributed by atoms with van der Waals surface area (Å²) in [5.41, 5.74) is 4.48. The third kappa shape index (κ3) is 10.6. The molecule has 0 radical (unpaired) electrons. The average molecular weight is 880 g/mol. The van der Waals surface area contributed by atoms with Crippen molar-refractivity contribution in [2.75, 3.05) is 33.2 Å². The first-order valence-electron chi connectivity index (χ1n) is 22.7. The number of hydrogen-bond acceptors (Lipinski definition) is 12. The lowest BCUT2D eigenvalue weighted by atomic mass is 9.55. The number of aliphatic hydroxyl groups is 2. The van der Waals surface area contributed by atoms with Gasteiger partial charge in [-0.1, -0.05) is 48.4 Å². The number of aryl methyl sites for hydroxylation is 1. The Balaban J connectivity index is 1.44. The molecular weight excluding hydrogens is 815 g/mol. The van der Waals surface area contributed by atoms with Crippen molar-refractivity contribution in [3.8, 4) is 23.0 Å². The molecule has 6 atom stereocenters. The van der Waals surface area contributed by atoms with E-state index < -0.39 is 29.4 Å². The van der Waals surface area contributed by atoms with Crippen molar-refractivity contribution in [2.24, 2.45) is 22.9 Å². The summed E-state index contributed by atoms with van der Waals surface area (Å²) in [5.74, 6) is 0.380. The number of oxime groups is 1. The number of allylic oxidation sites excluding steroid dienone is 1. The first kappa shape index (κ1) is 46.6. The third-order valence-electron chi connectivity index (χ3n) is 12.4. The molecule has 1 saturated carbocycles. The van der Waals surface area contributed by atoms with Crippen LogP contribution in [0.3, 0.4) is 0 Å². The highest BCUT2D eigenvalue weighted by atomic mass is 16.7. The van der Waals surface area contributed by atoms with E-state index in [1.165, 1.54) is 0 Å². The van der Waals surface area contributed by atoms with Crippen LogP contribution in [0.15, 0.2) is 96.7 Å². The predicted octanol–water partition coefficient (Wildman–Crippen LogP) is 9.34. The van der Waals surface area contributed by atoms with E-state index in [2.05, 4.69) is 30.3 Å². The van der Waals surface area contributed by atoms with Crippen molar-refractivity contribution in [2.45, 2.75) is 116 Å². The van der Waals surface area contributed by atoms with Gasteiger partial charge in [-0.3, -0.25) is 9.88 Å². The van der Waals surface area contributed by atoms with Crippen molar-refractivity contribution >= 4 is 11.8 Å². The fourth-order valence-electron chi connectivity index (χ4n) is 9.62. The molecule has 0 unspecified atom stereocenters. The lowest BCUT2D eigenvalue weighted by molar-refractivity contribution is -0.256. The zero-order valence-electron chi connectivity index (χ0n) is 37.8. The molecule has 0 spiro atoms. The molecule has 1 fully saturated rings. The van der Waals surface area contributed by atoms with Crippen LogP contribution < -0.4 is 18.9 Å². The maximum atomic E-state index is 14.8. The SMILES string of the molecule is C=CCCOC(=O)N(Cc1ccc2c(c1)OCO2)[C@H]1CC(=NOC(C)(C)C)C2=C[C@H](CCCCO)[C@@H](CCCCO)[C@@H]3c4cc(OCc5cccc(C)n5)ccc4O[C@@]1(OCC=C)[C@H]23. The molecule has 3 aromatic rings. The smallest absolute Gasteiger partial charge is 0.410 e. The van der Waals surface area contributed by atoms with Gasteiger partial charge in [-0.2, -0.15) is 0 Å². The van der Waals surface area contributed by atoms with Gasteiger partial charge in [0.05, 0.1) is 30.5 Å². The van der Waals surface area contributed by atoms with Crippen molar-refractivity contribution in [1.82, 2.24) is 9.88 Å². The summed E-state index contributed by atoms with van der Waals surface area (Å²) in [7, 11) is 0. The second kappa shape index (κ2) is 21.1.